The van der Waals surface area contributed by atoms with E-state index in [0.29, 0.717) is 12.5 Å². The van der Waals surface area contributed by atoms with E-state index in [2.05, 4.69) is 43.5 Å². The van der Waals surface area contributed by atoms with Crippen LogP contribution >= 0.6 is 27.7 Å². The van der Waals surface area contributed by atoms with Crippen molar-refractivity contribution in [1.29, 1.82) is 0 Å². The molecule has 1 atom stereocenters. The Bertz CT molecular complexity index is 552. The van der Waals surface area contributed by atoms with Gasteiger partial charge in [-0.2, -0.15) is 16.7 Å². The third-order valence-corrected chi connectivity index (χ3v) is 4.86. The summed E-state index contributed by atoms with van der Waals surface area (Å²) in [5.41, 5.74) is 1.19. The highest BCUT2D eigenvalue weighted by Crippen LogP contribution is 2.14. The summed E-state index contributed by atoms with van der Waals surface area (Å²) in [6.07, 6.45) is 1.53. The molecule has 1 aromatic carbocycles. The monoisotopic (exact) mass is 353 g/mol. The van der Waals surface area contributed by atoms with Crippen LogP contribution in [0, 0.1) is 0 Å². The number of hydrogen-bond acceptors (Lipinski definition) is 5. The van der Waals surface area contributed by atoms with Gasteiger partial charge in [-0.25, -0.2) is 0 Å². The summed E-state index contributed by atoms with van der Waals surface area (Å²) in [5.74, 6) is 3.79. The second-order valence-electron chi connectivity index (χ2n) is 4.84. The minimum Gasteiger partial charge on any atom is -0.339 e. The van der Waals surface area contributed by atoms with E-state index in [0.717, 1.165) is 34.9 Å². The van der Waals surface area contributed by atoms with Gasteiger partial charge >= 0.3 is 0 Å². The highest BCUT2D eigenvalue weighted by atomic mass is 79.9. The van der Waals surface area contributed by atoms with Gasteiger partial charge in [-0.15, -0.1) is 0 Å². The molecule has 106 valence electrons. The Morgan fingerprint density at radius 2 is 2.20 bits per heavy atom. The van der Waals surface area contributed by atoms with E-state index in [4.69, 9.17) is 4.52 Å². The molecule has 2 heterocycles. The quantitative estimate of drug-likeness (QED) is 0.915. The van der Waals surface area contributed by atoms with Gasteiger partial charge in [0, 0.05) is 41.4 Å². The maximum Gasteiger partial charge on any atom is 0.228 e. The largest absolute Gasteiger partial charge is 0.339 e. The average molecular weight is 354 g/mol. The molecular weight excluding hydrogens is 338 g/mol. The lowest BCUT2D eigenvalue weighted by molar-refractivity contribution is 0.359. The Hall–Kier alpha value is -0.850. The summed E-state index contributed by atoms with van der Waals surface area (Å²) in [4.78, 5) is 4.48. The number of benzene rings is 1. The van der Waals surface area contributed by atoms with Gasteiger partial charge < -0.3 is 9.84 Å². The number of hydrogen-bond donors (Lipinski definition) is 1. The number of nitrogens with one attached hydrogen (secondary N) is 1. The maximum atomic E-state index is 5.34. The zero-order valence-corrected chi connectivity index (χ0v) is 13.4. The molecule has 1 aliphatic heterocycles. The van der Waals surface area contributed by atoms with Crippen LogP contribution in [0.3, 0.4) is 0 Å². The van der Waals surface area contributed by atoms with Gasteiger partial charge in [-0.05, 0) is 17.7 Å². The first-order chi connectivity index (χ1) is 9.79. The smallest absolute Gasteiger partial charge is 0.228 e. The number of rotatable bonds is 4. The third-order valence-electron chi connectivity index (χ3n) is 3.21. The summed E-state index contributed by atoms with van der Waals surface area (Å²) in [6, 6.07) is 8.65. The Balaban J connectivity index is 1.60. The topological polar surface area (TPSA) is 51.0 Å². The summed E-state index contributed by atoms with van der Waals surface area (Å²) >= 11 is 5.41. The summed E-state index contributed by atoms with van der Waals surface area (Å²) in [6.45, 7) is 1.06. The Kier molecular flexibility index (Phi) is 4.75. The zero-order valence-electron chi connectivity index (χ0n) is 11.0. The van der Waals surface area contributed by atoms with E-state index in [9.17, 15) is 0 Å². The van der Waals surface area contributed by atoms with Crippen LogP contribution in [-0.2, 0) is 12.8 Å². The van der Waals surface area contributed by atoms with Gasteiger partial charge in [0.25, 0.3) is 0 Å². The molecule has 1 unspecified atom stereocenters. The van der Waals surface area contributed by atoms with Crippen molar-refractivity contribution in [2.75, 3.05) is 18.1 Å². The molecule has 20 heavy (non-hydrogen) atoms. The Labute approximate surface area is 130 Å². The van der Waals surface area contributed by atoms with Crippen molar-refractivity contribution in [3.8, 4) is 0 Å². The van der Waals surface area contributed by atoms with E-state index >= 15 is 0 Å². The fourth-order valence-electron chi connectivity index (χ4n) is 2.19. The average Bonchev–Trinajstić information content (AvgIpc) is 2.90. The van der Waals surface area contributed by atoms with Gasteiger partial charge in [0.1, 0.15) is 0 Å². The van der Waals surface area contributed by atoms with Gasteiger partial charge in [-0.3, -0.25) is 0 Å². The summed E-state index contributed by atoms with van der Waals surface area (Å²) < 4.78 is 6.42. The molecule has 0 spiro atoms. The maximum absolute atomic E-state index is 5.34. The second kappa shape index (κ2) is 6.74. The van der Waals surface area contributed by atoms with E-state index in [1.54, 1.807) is 0 Å². The number of thioether (sulfide) groups is 1. The van der Waals surface area contributed by atoms with Crippen LogP contribution < -0.4 is 5.32 Å². The molecule has 0 bridgehead atoms. The minimum atomic E-state index is 0.453. The molecule has 2 aromatic rings. The first-order valence-electron chi connectivity index (χ1n) is 6.66. The van der Waals surface area contributed by atoms with Gasteiger partial charge in [0.05, 0.1) is 0 Å². The van der Waals surface area contributed by atoms with Crippen molar-refractivity contribution in [3.63, 3.8) is 0 Å². The van der Waals surface area contributed by atoms with Crippen molar-refractivity contribution in [1.82, 2.24) is 15.5 Å². The van der Waals surface area contributed by atoms with Crippen LogP contribution in [0.1, 0.15) is 17.3 Å². The molecule has 3 rings (SSSR count). The van der Waals surface area contributed by atoms with Gasteiger partial charge in [0.15, 0.2) is 5.82 Å². The highest BCUT2D eigenvalue weighted by molar-refractivity contribution is 9.10. The molecule has 1 aromatic heterocycles. The van der Waals surface area contributed by atoms with E-state index < -0.39 is 0 Å². The van der Waals surface area contributed by atoms with Crippen molar-refractivity contribution < 1.29 is 4.52 Å². The molecule has 4 nitrogen and oxygen atoms in total. The van der Waals surface area contributed by atoms with E-state index in [-0.39, 0.29) is 0 Å². The first kappa shape index (κ1) is 14.1. The van der Waals surface area contributed by atoms with Gasteiger partial charge in [0.2, 0.25) is 5.89 Å². The van der Waals surface area contributed by atoms with Crippen molar-refractivity contribution in [2.24, 2.45) is 0 Å². The van der Waals surface area contributed by atoms with Crippen molar-refractivity contribution in [3.05, 3.63) is 46.0 Å². The molecule has 0 amide bonds. The van der Waals surface area contributed by atoms with Gasteiger partial charge in [-0.1, -0.05) is 33.2 Å². The fourth-order valence-corrected chi connectivity index (χ4v) is 3.40. The molecule has 6 heteroatoms. The lowest BCUT2D eigenvalue weighted by Gasteiger charge is -2.21. The van der Waals surface area contributed by atoms with Crippen molar-refractivity contribution in [2.45, 2.75) is 18.9 Å². The third kappa shape index (κ3) is 3.84. The van der Waals surface area contributed by atoms with Crippen LogP contribution in [-0.4, -0.2) is 34.2 Å². The minimum absolute atomic E-state index is 0.453. The molecular formula is C14H16BrN3OS. The van der Waals surface area contributed by atoms with Crippen molar-refractivity contribution >= 4 is 27.7 Å². The van der Waals surface area contributed by atoms with Crippen LogP contribution in [0.4, 0.5) is 0 Å². The molecule has 1 N–H and O–H groups in total. The van der Waals surface area contributed by atoms with E-state index in [1.165, 1.54) is 11.3 Å². The second-order valence-corrected chi connectivity index (χ2v) is 6.90. The Morgan fingerprint density at radius 3 is 2.95 bits per heavy atom. The SMILES string of the molecule is Brc1ccc(Cc2noc(CC3CSCCN3)n2)cc1. The lowest BCUT2D eigenvalue weighted by Crippen LogP contribution is -2.38. The molecule has 0 saturated carbocycles. The first-order valence-corrected chi connectivity index (χ1v) is 8.61. The van der Waals surface area contributed by atoms with Crippen LogP contribution in [0.2, 0.25) is 0 Å². The van der Waals surface area contributed by atoms with Crippen LogP contribution in [0.25, 0.3) is 0 Å². The number of aromatic nitrogens is 2. The fraction of sp³-hybridized carbons (Fsp3) is 0.429. The van der Waals surface area contributed by atoms with Crippen LogP contribution in [0.15, 0.2) is 33.3 Å². The Morgan fingerprint density at radius 1 is 1.35 bits per heavy atom. The zero-order chi connectivity index (χ0) is 13.8. The molecule has 0 aliphatic carbocycles. The van der Waals surface area contributed by atoms with E-state index in [1.807, 2.05) is 23.9 Å². The lowest BCUT2D eigenvalue weighted by atomic mass is 10.1. The molecule has 1 aliphatic rings. The highest BCUT2D eigenvalue weighted by Gasteiger charge is 2.17. The van der Waals surface area contributed by atoms with Crippen LogP contribution in [0.5, 0.6) is 0 Å². The number of halogens is 1. The predicted octanol–water partition coefficient (Wildman–Crippen LogP) is 2.67. The predicted molar refractivity (Wildman–Crippen MR) is 84.1 cm³/mol. The molecule has 1 fully saturated rings. The normalized spacial score (nSPS) is 19.1. The molecule has 0 radical (unpaired) electrons. The summed E-state index contributed by atoms with van der Waals surface area (Å²) in [7, 11) is 0. The number of nitrogens with zero attached hydrogens (tertiary/aromatic N) is 2. The summed E-state index contributed by atoms with van der Waals surface area (Å²) in [5, 5.41) is 7.55. The standard InChI is InChI=1S/C14H16BrN3OS/c15-11-3-1-10(2-4-11)7-13-17-14(19-18-13)8-12-9-20-6-5-16-12/h1-4,12,16H,5-9H2. The molecule has 1 saturated heterocycles.